The van der Waals surface area contributed by atoms with E-state index < -0.39 is 5.91 Å². The molecule has 0 atom stereocenters. The Hall–Kier alpha value is -3.02. The second-order valence-corrected chi connectivity index (χ2v) is 5.65. The Kier molecular flexibility index (Phi) is 3.25. The summed E-state index contributed by atoms with van der Waals surface area (Å²) in [6.45, 7) is 5.64. The molecule has 3 rings (SSSR count). The van der Waals surface area contributed by atoms with Crippen LogP contribution in [0.4, 0.5) is 5.69 Å². The number of nitrogen functional groups attached to an aromatic ring is 1. The first-order valence-corrected chi connectivity index (χ1v) is 7.19. The molecule has 0 radical (unpaired) electrons. The number of amides is 1. The molecule has 6 nitrogen and oxygen atoms in total. The monoisotopic (exact) mass is 310 g/mol. The standard InChI is InChI=1S/C17H18N4O2/c1-8-4-5-11(22)10(3)12(8)15-14(18)13(16(19)23)17-20-7-6-9(2)21(15)17/h4-7,22H,18H2,1-3H3,(H2,19,23). The maximum absolute atomic E-state index is 11.9. The highest BCUT2D eigenvalue weighted by atomic mass is 16.3. The number of phenols is 1. The van der Waals surface area contributed by atoms with Crippen LogP contribution in [0.2, 0.25) is 0 Å². The number of carbonyl (C=O) groups is 1. The van der Waals surface area contributed by atoms with Gasteiger partial charge in [-0.2, -0.15) is 0 Å². The van der Waals surface area contributed by atoms with E-state index >= 15 is 0 Å². The van der Waals surface area contributed by atoms with Gasteiger partial charge in [-0.25, -0.2) is 4.98 Å². The molecule has 0 aliphatic rings. The van der Waals surface area contributed by atoms with Gasteiger partial charge in [0.25, 0.3) is 5.91 Å². The molecule has 6 heteroatoms. The Labute approximate surface area is 133 Å². The molecule has 118 valence electrons. The number of nitrogens with two attached hydrogens (primary N) is 2. The summed E-state index contributed by atoms with van der Waals surface area (Å²) in [6.07, 6.45) is 1.61. The zero-order chi connectivity index (χ0) is 16.9. The summed E-state index contributed by atoms with van der Waals surface area (Å²) in [7, 11) is 0. The van der Waals surface area contributed by atoms with Crippen molar-refractivity contribution < 1.29 is 9.90 Å². The van der Waals surface area contributed by atoms with Gasteiger partial charge in [-0.1, -0.05) is 6.07 Å². The molecular formula is C17H18N4O2. The maximum atomic E-state index is 11.9. The van der Waals surface area contributed by atoms with Gasteiger partial charge in [-0.3, -0.25) is 9.20 Å². The number of nitrogens with zero attached hydrogens (tertiary/aromatic N) is 2. The summed E-state index contributed by atoms with van der Waals surface area (Å²) in [5.74, 6) is -0.457. The topological polar surface area (TPSA) is 107 Å². The van der Waals surface area contributed by atoms with Gasteiger partial charge in [0.15, 0.2) is 5.65 Å². The lowest BCUT2D eigenvalue weighted by Gasteiger charge is -2.14. The lowest BCUT2D eigenvalue weighted by molar-refractivity contribution is 0.100. The van der Waals surface area contributed by atoms with E-state index in [-0.39, 0.29) is 17.0 Å². The second kappa shape index (κ2) is 5.01. The van der Waals surface area contributed by atoms with Crippen LogP contribution in [0.1, 0.15) is 27.2 Å². The lowest BCUT2D eigenvalue weighted by atomic mass is 9.97. The molecule has 5 N–H and O–H groups in total. The molecule has 0 aliphatic heterocycles. The number of rotatable bonds is 2. The van der Waals surface area contributed by atoms with Crippen molar-refractivity contribution in [2.24, 2.45) is 5.73 Å². The van der Waals surface area contributed by atoms with Gasteiger partial charge in [0.05, 0.1) is 11.4 Å². The van der Waals surface area contributed by atoms with Crippen molar-refractivity contribution in [3.63, 3.8) is 0 Å². The van der Waals surface area contributed by atoms with Crippen LogP contribution in [0, 0.1) is 20.8 Å². The third-order valence-electron chi connectivity index (χ3n) is 4.18. The largest absolute Gasteiger partial charge is 0.508 e. The maximum Gasteiger partial charge on any atom is 0.254 e. The first-order chi connectivity index (χ1) is 10.8. The van der Waals surface area contributed by atoms with Crippen molar-refractivity contribution >= 4 is 17.2 Å². The molecule has 0 saturated carbocycles. The third-order valence-corrected chi connectivity index (χ3v) is 4.18. The highest BCUT2D eigenvalue weighted by Crippen LogP contribution is 2.39. The average molecular weight is 310 g/mol. The fourth-order valence-corrected chi connectivity index (χ4v) is 3.02. The molecule has 2 heterocycles. The van der Waals surface area contributed by atoms with E-state index in [1.54, 1.807) is 12.3 Å². The summed E-state index contributed by atoms with van der Waals surface area (Å²) in [5.41, 5.74) is 16.6. The summed E-state index contributed by atoms with van der Waals surface area (Å²) in [4.78, 5) is 16.1. The van der Waals surface area contributed by atoms with Crippen LogP contribution in [0.15, 0.2) is 24.4 Å². The van der Waals surface area contributed by atoms with E-state index in [4.69, 9.17) is 11.5 Å². The fraction of sp³-hybridized carbons (Fsp3) is 0.176. The predicted octanol–water partition coefficient (Wildman–Crippen LogP) is 2.31. The fourth-order valence-electron chi connectivity index (χ4n) is 3.02. The Morgan fingerprint density at radius 3 is 2.57 bits per heavy atom. The average Bonchev–Trinajstić information content (AvgIpc) is 2.78. The SMILES string of the molecule is Cc1ccc(O)c(C)c1-c1c(N)c(C(N)=O)c2nccc(C)n12. The molecule has 0 fully saturated rings. The molecule has 2 aromatic heterocycles. The van der Waals surface area contributed by atoms with Crippen LogP contribution in [0.25, 0.3) is 16.9 Å². The quantitative estimate of drug-likeness (QED) is 0.675. The van der Waals surface area contributed by atoms with Crippen molar-refractivity contribution in [2.75, 3.05) is 5.73 Å². The Balaban J connectivity index is 2.56. The number of anilines is 1. The molecule has 0 aliphatic carbocycles. The molecule has 3 aromatic rings. The van der Waals surface area contributed by atoms with E-state index in [2.05, 4.69) is 4.98 Å². The highest BCUT2D eigenvalue weighted by Gasteiger charge is 2.25. The van der Waals surface area contributed by atoms with Gasteiger partial charge < -0.3 is 16.6 Å². The lowest BCUT2D eigenvalue weighted by Crippen LogP contribution is -2.13. The number of phenolic OH excluding ortho intramolecular Hbond substituents is 1. The first kappa shape index (κ1) is 14.9. The first-order valence-electron chi connectivity index (χ1n) is 7.19. The van der Waals surface area contributed by atoms with Crippen LogP contribution in [0.3, 0.4) is 0 Å². The van der Waals surface area contributed by atoms with E-state index in [1.165, 1.54) is 0 Å². The number of fused-ring (bicyclic) bond motifs is 1. The molecule has 0 saturated heterocycles. The molecular weight excluding hydrogens is 292 g/mol. The van der Waals surface area contributed by atoms with Crippen molar-refractivity contribution in [1.29, 1.82) is 0 Å². The normalized spacial score (nSPS) is 11.1. The molecule has 1 amide bonds. The van der Waals surface area contributed by atoms with Crippen molar-refractivity contribution in [3.05, 3.63) is 46.8 Å². The van der Waals surface area contributed by atoms with Crippen LogP contribution in [-0.2, 0) is 0 Å². The van der Waals surface area contributed by atoms with Crippen molar-refractivity contribution in [1.82, 2.24) is 9.38 Å². The second-order valence-electron chi connectivity index (χ2n) is 5.65. The minimum atomic E-state index is -0.625. The number of benzene rings is 1. The van der Waals surface area contributed by atoms with Gasteiger partial charge >= 0.3 is 0 Å². The Bertz CT molecular complexity index is 957. The number of aryl methyl sites for hydroxylation is 2. The van der Waals surface area contributed by atoms with Crippen LogP contribution < -0.4 is 11.5 Å². The van der Waals surface area contributed by atoms with Gasteiger partial charge in [-0.05, 0) is 38.5 Å². The third kappa shape index (κ3) is 2.03. The number of aromatic hydroxyl groups is 1. The predicted molar refractivity (Wildman–Crippen MR) is 89.4 cm³/mol. The zero-order valence-corrected chi connectivity index (χ0v) is 13.2. The van der Waals surface area contributed by atoms with Crippen molar-refractivity contribution in [2.45, 2.75) is 20.8 Å². The molecule has 0 unspecified atom stereocenters. The van der Waals surface area contributed by atoms with Gasteiger partial charge in [0.2, 0.25) is 0 Å². The molecule has 0 bridgehead atoms. The Morgan fingerprint density at radius 2 is 1.91 bits per heavy atom. The van der Waals surface area contributed by atoms with Crippen LogP contribution >= 0.6 is 0 Å². The number of aromatic nitrogens is 2. The molecule has 1 aromatic carbocycles. The van der Waals surface area contributed by atoms with Gasteiger partial charge in [0, 0.05) is 23.0 Å². The number of carbonyl (C=O) groups excluding carboxylic acids is 1. The molecule has 23 heavy (non-hydrogen) atoms. The smallest absolute Gasteiger partial charge is 0.254 e. The van der Waals surface area contributed by atoms with E-state index in [1.807, 2.05) is 37.3 Å². The minimum absolute atomic E-state index is 0.169. The summed E-state index contributed by atoms with van der Waals surface area (Å²) >= 11 is 0. The summed E-state index contributed by atoms with van der Waals surface area (Å²) in [6, 6.07) is 5.28. The molecule has 0 spiro atoms. The number of hydrogen-bond donors (Lipinski definition) is 3. The van der Waals surface area contributed by atoms with Gasteiger partial charge in [-0.15, -0.1) is 0 Å². The van der Waals surface area contributed by atoms with Crippen LogP contribution in [-0.4, -0.2) is 20.4 Å². The minimum Gasteiger partial charge on any atom is -0.508 e. The highest BCUT2D eigenvalue weighted by molar-refractivity contribution is 6.08. The van der Waals surface area contributed by atoms with E-state index in [0.29, 0.717) is 16.9 Å². The number of primary amides is 1. The number of hydrogen-bond acceptors (Lipinski definition) is 4. The van der Waals surface area contributed by atoms with Gasteiger partial charge in [0.1, 0.15) is 11.3 Å². The van der Waals surface area contributed by atoms with E-state index in [9.17, 15) is 9.90 Å². The van der Waals surface area contributed by atoms with Crippen LogP contribution in [0.5, 0.6) is 5.75 Å². The zero-order valence-electron chi connectivity index (χ0n) is 13.2. The van der Waals surface area contributed by atoms with Crippen molar-refractivity contribution in [3.8, 4) is 17.0 Å². The summed E-state index contributed by atoms with van der Waals surface area (Å²) in [5, 5.41) is 10.1. The van der Waals surface area contributed by atoms with E-state index in [0.717, 1.165) is 16.8 Å². The Morgan fingerprint density at radius 1 is 1.22 bits per heavy atom. The summed E-state index contributed by atoms with van der Waals surface area (Å²) < 4.78 is 1.81.